The van der Waals surface area contributed by atoms with Crippen molar-refractivity contribution in [2.45, 2.75) is 5.54 Å². The van der Waals surface area contributed by atoms with Gasteiger partial charge in [-0.25, -0.2) is 0 Å². The van der Waals surface area contributed by atoms with Gasteiger partial charge in [-0.15, -0.1) is 0 Å². The number of H-pyrrole nitrogens is 1. The van der Waals surface area contributed by atoms with Crippen molar-refractivity contribution in [1.82, 2.24) is 10.2 Å². The molecule has 0 amide bonds. The highest BCUT2D eigenvalue weighted by atomic mass is 15.2. The smallest absolute Gasteiger partial charge is 0.153 e. The lowest BCUT2D eigenvalue weighted by molar-refractivity contribution is 0.682. The van der Waals surface area contributed by atoms with Gasteiger partial charge >= 0.3 is 0 Å². The fourth-order valence-corrected chi connectivity index (χ4v) is 6.95. The van der Waals surface area contributed by atoms with E-state index in [1.165, 1.54) is 48.7 Å². The highest BCUT2D eigenvalue weighted by molar-refractivity contribution is 6.12. The van der Waals surface area contributed by atoms with Gasteiger partial charge < -0.3 is 0 Å². The summed E-state index contributed by atoms with van der Waals surface area (Å²) in [7, 11) is 0. The van der Waals surface area contributed by atoms with Crippen LogP contribution in [0.3, 0.4) is 0 Å². The molecular weight excluding hydrogens is 536 g/mol. The Morgan fingerprint density at radius 1 is 0.523 bits per heavy atom. The first-order valence-electron chi connectivity index (χ1n) is 14.9. The Kier molecular flexibility index (Phi) is 5.38. The fraction of sp³-hybridized carbons (Fsp3) is 0.0250. The van der Waals surface area contributed by atoms with Gasteiger partial charge in [0.1, 0.15) is 0 Å². The molecule has 0 bridgehead atoms. The lowest BCUT2D eigenvalue weighted by Gasteiger charge is -2.27. The van der Waals surface area contributed by atoms with Crippen LogP contribution in [0.5, 0.6) is 0 Å². The molecule has 8 aromatic rings. The summed E-state index contributed by atoms with van der Waals surface area (Å²) < 4.78 is 0. The summed E-state index contributed by atoms with van der Waals surface area (Å²) in [6, 6.07) is 49.5. The molecule has 1 aliphatic heterocycles. The molecule has 1 unspecified atom stereocenters. The molecule has 0 spiro atoms. The topological polar surface area (TPSA) is 53.4 Å². The van der Waals surface area contributed by atoms with Gasteiger partial charge in [0.15, 0.2) is 5.54 Å². The number of aromatic nitrogens is 2. The summed E-state index contributed by atoms with van der Waals surface area (Å²) in [4.78, 5) is 0. The predicted octanol–water partition coefficient (Wildman–Crippen LogP) is 10.6. The van der Waals surface area contributed by atoms with E-state index in [4.69, 9.17) is 10.2 Å². The van der Waals surface area contributed by atoms with E-state index in [1.807, 2.05) is 6.20 Å². The molecular formula is C40H26N4. The van der Waals surface area contributed by atoms with Crippen molar-refractivity contribution in [2.24, 2.45) is 10.2 Å². The lowest BCUT2D eigenvalue weighted by atomic mass is 9.78. The number of azo groups is 1. The molecule has 206 valence electrons. The van der Waals surface area contributed by atoms with Crippen molar-refractivity contribution in [3.05, 3.63) is 163 Å². The van der Waals surface area contributed by atoms with Gasteiger partial charge in [0.25, 0.3) is 0 Å². The van der Waals surface area contributed by atoms with Crippen LogP contribution in [0.15, 0.2) is 162 Å². The van der Waals surface area contributed by atoms with E-state index in [1.54, 1.807) is 0 Å². The van der Waals surface area contributed by atoms with E-state index >= 15 is 0 Å². The number of hydrogen-bond donors (Lipinski definition) is 1. The molecule has 0 aliphatic carbocycles. The first-order chi connectivity index (χ1) is 21.8. The van der Waals surface area contributed by atoms with Crippen molar-refractivity contribution < 1.29 is 0 Å². The highest BCUT2D eigenvalue weighted by Gasteiger charge is 2.37. The van der Waals surface area contributed by atoms with Crippen molar-refractivity contribution in [1.29, 1.82) is 0 Å². The average Bonchev–Trinajstić information content (AvgIpc) is 3.78. The first kappa shape index (κ1) is 24.7. The van der Waals surface area contributed by atoms with Gasteiger partial charge in [-0.2, -0.15) is 15.3 Å². The molecule has 4 heteroatoms. The van der Waals surface area contributed by atoms with Crippen LogP contribution in [-0.2, 0) is 5.54 Å². The van der Waals surface area contributed by atoms with Gasteiger partial charge in [0.05, 0.1) is 11.4 Å². The quantitative estimate of drug-likeness (QED) is 0.213. The monoisotopic (exact) mass is 562 g/mol. The fourth-order valence-electron chi connectivity index (χ4n) is 6.95. The van der Waals surface area contributed by atoms with E-state index in [-0.39, 0.29) is 0 Å². The molecule has 0 radical (unpaired) electrons. The Hall–Kier alpha value is -5.87. The largest absolute Gasteiger partial charge is 0.277 e. The molecule has 2 heterocycles. The second-order valence-corrected chi connectivity index (χ2v) is 11.4. The van der Waals surface area contributed by atoms with Crippen molar-refractivity contribution in [2.75, 3.05) is 0 Å². The normalized spacial score (nSPS) is 16.1. The zero-order valence-electron chi connectivity index (χ0n) is 23.8. The minimum atomic E-state index is -0.725. The van der Waals surface area contributed by atoms with Gasteiger partial charge in [0, 0.05) is 22.9 Å². The minimum absolute atomic E-state index is 0.725. The van der Waals surface area contributed by atoms with Gasteiger partial charge in [-0.05, 0) is 72.9 Å². The second kappa shape index (κ2) is 9.58. The third-order valence-corrected chi connectivity index (χ3v) is 8.99. The van der Waals surface area contributed by atoms with Crippen LogP contribution in [0, 0.1) is 0 Å². The molecule has 7 aromatic carbocycles. The molecule has 1 N–H and O–H groups in total. The zero-order valence-corrected chi connectivity index (χ0v) is 23.8. The van der Waals surface area contributed by atoms with Crippen LogP contribution in [0.2, 0.25) is 0 Å². The maximum absolute atomic E-state index is 4.90. The molecule has 44 heavy (non-hydrogen) atoms. The van der Waals surface area contributed by atoms with Crippen LogP contribution in [0.4, 0.5) is 0 Å². The summed E-state index contributed by atoms with van der Waals surface area (Å²) >= 11 is 0. The van der Waals surface area contributed by atoms with Gasteiger partial charge in [0.2, 0.25) is 0 Å². The molecule has 0 fully saturated rings. The van der Waals surface area contributed by atoms with Crippen LogP contribution < -0.4 is 0 Å². The van der Waals surface area contributed by atoms with Crippen molar-refractivity contribution in [3.63, 3.8) is 0 Å². The average molecular weight is 563 g/mol. The SMILES string of the molecule is C1=CC(c2ccc(-c3cc(-c4c5ccccc5cc5ccccc45)[nH]n3)cc2)(c2c3ccccc3cc3ccccc23)N=N1. The molecule has 0 saturated carbocycles. The molecule has 1 aliphatic rings. The van der Waals surface area contributed by atoms with Crippen LogP contribution in [0.1, 0.15) is 11.1 Å². The molecule has 1 aromatic heterocycles. The summed E-state index contributed by atoms with van der Waals surface area (Å²) in [6.07, 6.45) is 3.94. The van der Waals surface area contributed by atoms with Crippen molar-refractivity contribution in [3.8, 4) is 22.5 Å². The van der Waals surface area contributed by atoms with Gasteiger partial charge in [-0.3, -0.25) is 5.10 Å². The third-order valence-electron chi connectivity index (χ3n) is 8.99. The maximum Gasteiger partial charge on any atom is 0.153 e. The van der Waals surface area contributed by atoms with E-state index in [9.17, 15) is 0 Å². The Balaban J connectivity index is 1.17. The van der Waals surface area contributed by atoms with E-state index in [0.717, 1.165) is 28.1 Å². The zero-order chi connectivity index (χ0) is 29.1. The van der Waals surface area contributed by atoms with Crippen LogP contribution >= 0.6 is 0 Å². The Bertz CT molecular complexity index is 2330. The van der Waals surface area contributed by atoms with Crippen molar-refractivity contribution >= 4 is 43.1 Å². The van der Waals surface area contributed by atoms with Crippen LogP contribution in [-0.4, -0.2) is 10.2 Å². The second-order valence-electron chi connectivity index (χ2n) is 11.4. The van der Waals surface area contributed by atoms with E-state index in [0.29, 0.717) is 0 Å². The Morgan fingerprint density at radius 2 is 1.05 bits per heavy atom. The minimum Gasteiger partial charge on any atom is -0.277 e. The van der Waals surface area contributed by atoms with Gasteiger partial charge in [-0.1, -0.05) is 121 Å². The lowest BCUT2D eigenvalue weighted by Crippen LogP contribution is -2.21. The number of nitrogens with one attached hydrogen (secondary N) is 1. The van der Waals surface area contributed by atoms with E-state index in [2.05, 4.69) is 156 Å². The molecule has 9 rings (SSSR count). The third kappa shape index (κ3) is 3.68. The Labute approximate surface area is 254 Å². The first-order valence-corrected chi connectivity index (χ1v) is 14.9. The summed E-state index contributed by atoms with van der Waals surface area (Å²) in [6.45, 7) is 0. The predicted molar refractivity (Wildman–Crippen MR) is 181 cm³/mol. The molecule has 1 atom stereocenters. The highest BCUT2D eigenvalue weighted by Crippen LogP contribution is 2.46. The number of nitrogens with zero attached hydrogens (tertiary/aromatic N) is 3. The summed E-state index contributed by atoms with van der Waals surface area (Å²) in [5.41, 5.74) is 5.61. The van der Waals surface area contributed by atoms with Crippen LogP contribution in [0.25, 0.3) is 65.6 Å². The summed E-state index contributed by atoms with van der Waals surface area (Å²) in [5, 5.41) is 27.0. The number of rotatable bonds is 4. The maximum atomic E-state index is 4.90. The molecule has 0 saturated heterocycles. The number of benzene rings is 7. The van der Waals surface area contributed by atoms with E-state index < -0.39 is 5.54 Å². The molecule has 4 nitrogen and oxygen atoms in total. The number of aromatic amines is 1. The Morgan fingerprint density at radius 3 is 1.59 bits per heavy atom. The number of fused-ring (bicyclic) bond motifs is 4. The standard InChI is InChI=1S/C40H26N4/c1-5-13-32-27(9-1)23-28-10-2-6-14-33(28)38(32)37-25-36(42-43-37)26-17-19-31(20-18-26)40(21-22-41-44-40)39-34-15-7-3-11-29(34)24-30-12-4-8-16-35(30)39/h1-25H,(H,42,43). The number of hydrogen-bond acceptors (Lipinski definition) is 3. The summed E-state index contributed by atoms with van der Waals surface area (Å²) in [5.74, 6) is 0.